The molecule has 1 aliphatic heterocycles. The molecular weight excluding hydrogens is 184 g/mol. The van der Waals surface area contributed by atoms with Crippen LogP contribution in [0.1, 0.15) is 19.8 Å². The lowest BCUT2D eigenvalue weighted by Gasteiger charge is -2.31. The van der Waals surface area contributed by atoms with Gasteiger partial charge in [0.15, 0.2) is 0 Å². The molecule has 2 heteroatoms. The molecule has 84 valence electrons. The van der Waals surface area contributed by atoms with Gasteiger partial charge in [-0.2, -0.15) is 0 Å². The summed E-state index contributed by atoms with van der Waals surface area (Å²) >= 11 is 0. The molecule has 0 unspecified atom stereocenters. The molecule has 1 heterocycles. The highest BCUT2D eigenvalue weighted by Gasteiger charge is 2.17. The number of piperidine rings is 1. The minimum Gasteiger partial charge on any atom is -0.317 e. The van der Waals surface area contributed by atoms with Gasteiger partial charge in [-0.3, -0.25) is 4.90 Å². The fourth-order valence-electron chi connectivity index (χ4n) is 2.22. The first-order valence-corrected chi connectivity index (χ1v) is 5.82. The Hall–Kier alpha value is -0.860. The van der Waals surface area contributed by atoms with Gasteiger partial charge in [0.25, 0.3) is 0 Å². The lowest BCUT2D eigenvalue weighted by Crippen LogP contribution is -2.40. The van der Waals surface area contributed by atoms with Crippen LogP contribution in [0.5, 0.6) is 0 Å². The van der Waals surface area contributed by atoms with Gasteiger partial charge in [-0.15, -0.1) is 0 Å². The maximum Gasteiger partial charge on any atom is 0.0233 e. The number of rotatable bonds is 3. The Morgan fingerprint density at radius 3 is 2.53 bits per heavy atom. The zero-order valence-electron chi connectivity index (χ0n) is 9.45. The minimum absolute atomic E-state index is 0. The topological polar surface area (TPSA) is 15.3 Å². The largest absolute Gasteiger partial charge is 0.317 e. The summed E-state index contributed by atoms with van der Waals surface area (Å²) in [6.45, 7) is 3.55. The Morgan fingerprint density at radius 1 is 1.27 bits per heavy atom. The third-order valence-corrected chi connectivity index (χ3v) is 3.24. The first-order valence-electron chi connectivity index (χ1n) is 5.82. The van der Waals surface area contributed by atoms with E-state index in [1.807, 2.05) is 0 Å². The van der Waals surface area contributed by atoms with Crippen molar-refractivity contribution in [1.82, 2.24) is 10.2 Å². The van der Waals surface area contributed by atoms with Crippen molar-refractivity contribution in [2.24, 2.45) is 0 Å². The van der Waals surface area contributed by atoms with Gasteiger partial charge < -0.3 is 5.32 Å². The fraction of sp³-hybridized carbons (Fsp3) is 0.538. The summed E-state index contributed by atoms with van der Waals surface area (Å²) in [4.78, 5) is 2.54. The molecule has 1 aromatic carbocycles. The van der Waals surface area contributed by atoms with E-state index in [0.717, 1.165) is 12.6 Å². The summed E-state index contributed by atoms with van der Waals surface area (Å²) in [5, 5.41) is 3.36. The first kappa shape index (κ1) is 10.7. The fourth-order valence-corrected chi connectivity index (χ4v) is 2.22. The highest BCUT2D eigenvalue weighted by atomic mass is 15.1. The van der Waals surface area contributed by atoms with Gasteiger partial charge in [0.2, 0.25) is 0 Å². The molecule has 2 nitrogen and oxygen atoms in total. The Bertz CT molecular complexity index is 281. The van der Waals surface area contributed by atoms with E-state index in [1.165, 1.54) is 31.5 Å². The summed E-state index contributed by atoms with van der Waals surface area (Å²) in [6.07, 6.45) is 2.56. The maximum atomic E-state index is 3.36. The van der Waals surface area contributed by atoms with Crippen molar-refractivity contribution < 1.29 is 1.43 Å². The predicted octanol–water partition coefficient (Wildman–Crippen LogP) is 2.12. The van der Waals surface area contributed by atoms with E-state index >= 15 is 0 Å². The molecule has 1 aromatic rings. The molecule has 0 amide bonds. The van der Waals surface area contributed by atoms with E-state index in [9.17, 15) is 0 Å². The monoisotopic (exact) mass is 206 g/mol. The number of benzene rings is 1. The molecule has 0 saturated carbocycles. The van der Waals surface area contributed by atoms with Crippen LogP contribution < -0.4 is 5.32 Å². The standard InChI is InChI=1S/C13H20N2.H2/c1-14-13-7-9-15(10-8-13)11-12-5-3-2-4-6-12;/h2-6,13-14H,7-11H2,1H3;1H. The van der Waals surface area contributed by atoms with Crippen molar-refractivity contribution in [2.45, 2.75) is 25.4 Å². The molecule has 15 heavy (non-hydrogen) atoms. The summed E-state index contributed by atoms with van der Waals surface area (Å²) in [5.74, 6) is 0. The molecule has 0 atom stereocenters. The molecule has 0 spiro atoms. The van der Waals surface area contributed by atoms with Gasteiger partial charge in [-0.1, -0.05) is 30.3 Å². The van der Waals surface area contributed by atoms with E-state index in [1.54, 1.807) is 0 Å². The van der Waals surface area contributed by atoms with Gasteiger partial charge in [0.1, 0.15) is 0 Å². The number of nitrogens with zero attached hydrogens (tertiary/aromatic N) is 1. The van der Waals surface area contributed by atoms with Crippen LogP contribution in [-0.2, 0) is 6.54 Å². The average molecular weight is 206 g/mol. The Balaban J connectivity index is 0.00000128. The van der Waals surface area contributed by atoms with Crippen LogP contribution in [-0.4, -0.2) is 31.1 Å². The highest BCUT2D eigenvalue weighted by molar-refractivity contribution is 5.14. The van der Waals surface area contributed by atoms with E-state index in [2.05, 4.69) is 47.6 Å². The van der Waals surface area contributed by atoms with Crippen molar-refractivity contribution in [3.05, 3.63) is 35.9 Å². The van der Waals surface area contributed by atoms with Gasteiger partial charge in [-0.05, 0) is 38.5 Å². The summed E-state index contributed by atoms with van der Waals surface area (Å²) in [5.41, 5.74) is 1.43. The van der Waals surface area contributed by atoms with E-state index in [4.69, 9.17) is 0 Å². The van der Waals surface area contributed by atoms with Gasteiger partial charge in [-0.25, -0.2) is 0 Å². The molecular formula is C13H22N2. The molecule has 1 fully saturated rings. The van der Waals surface area contributed by atoms with Crippen molar-refractivity contribution in [1.29, 1.82) is 0 Å². The number of hydrogen-bond acceptors (Lipinski definition) is 2. The van der Waals surface area contributed by atoms with Gasteiger partial charge in [0.05, 0.1) is 0 Å². The Kier molecular flexibility index (Phi) is 3.75. The molecule has 0 aliphatic carbocycles. The lowest BCUT2D eigenvalue weighted by molar-refractivity contribution is 0.194. The zero-order valence-corrected chi connectivity index (χ0v) is 9.45. The summed E-state index contributed by atoms with van der Waals surface area (Å²) in [7, 11) is 2.07. The smallest absolute Gasteiger partial charge is 0.0233 e. The second-order valence-corrected chi connectivity index (χ2v) is 4.32. The summed E-state index contributed by atoms with van der Waals surface area (Å²) < 4.78 is 0. The van der Waals surface area contributed by atoms with Crippen molar-refractivity contribution in [3.8, 4) is 0 Å². The second kappa shape index (κ2) is 5.29. The molecule has 1 N–H and O–H groups in total. The number of hydrogen-bond donors (Lipinski definition) is 1. The molecule has 0 aromatic heterocycles. The van der Waals surface area contributed by atoms with Crippen LogP contribution in [0.15, 0.2) is 30.3 Å². The van der Waals surface area contributed by atoms with Gasteiger partial charge >= 0.3 is 0 Å². The molecule has 0 bridgehead atoms. The van der Waals surface area contributed by atoms with Gasteiger partial charge in [0, 0.05) is 14.0 Å². The van der Waals surface area contributed by atoms with E-state index in [0.29, 0.717) is 0 Å². The third-order valence-electron chi connectivity index (χ3n) is 3.24. The molecule has 1 aliphatic rings. The first-order chi connectivity index (χ1) is 7.38. The number of likely N-dealkylation sites (tertiary alicyclic amines) is 1. The molecule has 2 rings (SSSR count). The van der Waals surface area contributed by atoms with Crippen LogP contribution in [0, 0.1) is 0 Å². The van der Waals surface area contributed by atoms with E-state index < -0.39 is 0 Å². The van der Waals surface area contributed by atoms with Crippen LogP contribution in [0.4, 0.5) is 0 Å². The second-order valence-electron chi connectivity index (χ2n) is 4.32. The summed E-state index contributed by atoms with van der Waals surface area (Å²) in [6, 6.07) is 11.5. The molecule has 0 radical (unpaired) electrons. The number of nitrogens with one attached hydrogen (secondary N) is 1. The predicted molar refractivity (Wildman–Crippen MR) is 65.9 cm³/mol. The maximum absolute atomic E-state index is 3.36. The Morgan fingerprint density at radius 2 is 1.93 bits per heavy atom. The SMILES string of the molecule is CNC1CCN(Cc2ccccc2)CC1.[HH]. The zero-order chi connectivity index (χ0) is 10.5. The van der Waals surface area contributed by atoms with Crippen LogP contribution >= 0.6 is 0 Å². The minimum atomic E-state index is 0. The quantitative estimate of drug-likeness (QED) is 0.815. The Labute approximate surface area is 93.8 Å². The third kappa shape index (κ3) is 3.05. The normalized spacial score (nSPS) is 19.3. The van der Waals surface area contributed by atoms with Crippen LogP contribution in [0.2, 0.25) is 0 Å². The van der Waals surface area contributed by atoms with E-state index in [-0.39, 0.29) is 1.43 Å². The molecule has 1 saturated heterocycles. The van der Waals surface area contributed by atoms with Crippen molar-refractivity contribution >= 4 is 0 Å². The highest BCUT2D eigenvalue weighted by Crippen LogP contribution is 2.13. The van der Waals surface area contributed by atoms with Crippen molar-refractivity contribution in [2.75, 3.05) is 20.1 Å². The van der Waals surface area contributed by atoms with Crippen LogP contribution in [0.25, 0.3) is 0 Å². The lowest BCUT2D eigenvalue weighted by atomic mass is 10.0. The van der Waals surface area contributed by atoms with Crippen molar-refractivity contribution in [3.63, 3.8) is 0 Å². The average Bonchev–Trinajstić information content (AvgIpc) is 2.31. The van der Waals surface area contributed by atoms with Crippen LogP contribution in [0.3, 0.4) is 0 Å².